The highest BCUT2D eigenvalue weighted by Crippen LogP contribution is 2.45. The zero-order valence-corrected chi connectivity index (χ0v) is 15.3. The van der Waals surface area contributed by atoms with E-state index in [1.54, 1.807) is 0 Å². The third kappa shape index (κ3) is 2.44. The summed E-state index contributed by atoms with van der Waals surface area (Å²) in [6, 6.07) is 16.3. The molecule has 1 N–H and O–H groups in total. The van der Waals surface area contributed by atoms with Crippen LogP contribution in [0.15, 0.2) is 48.5 Å². The Hall–Kier alpha value is -2.86. The van der Waals surface area contributed by atoms with Crippen molar-refractivity contribution in [2.24, 2.45) is 5.41 Å². The molecule has 0 saturated carbocycles. The summed E-state index contributed by atoms with van der Waals surface area (Å²) in [6.07, 6.45) is -0.494. The number of ether oxygens (including phenoxy) is 2. The van der Waals surface area contributed by atoms with Crippen molar-refractivity contribution in [2.75, 3.05) is 26.3 Å². The molecule has 28 heavy (non-hydrogen) atoms. The van der Waals surface area contributed by atoms with Gasteiger partial charge in [0.2, 0.25) is 0 Å². The van der Waals surface area contributed by atoms with Gasteiger partial charge in [-0.2, -0.15) is 0 Å². The molecule has 2 aliphatic heterocycles. The lowest BCUT2D eigenvalue weighted by Crippen LogP contribution is -2.39. The second-order valence-electron chi connectivity index (χ2n) is 7.76. The molecule has 2 fully saturated rings. The van der Waals surface area contributed by atoms with Gasteiger partial charge in [-0.05, 0) is 28.7 Å². The Morgan fingerprint density at radius 1 is 1.11 bits per heavy atom. The Bertz CT molecular complexity index is 912. The minimum absolute atomic E-state index is 0.0110. The standard InChI is InChI=1S/C22H21NO5/c24-20(25)22-9-10-27-19(22)11-23(13-22)21(26)28-12-18-16-7-3-1-5-14(16)15-6-2-4-8-17(15)18/h1-8,18-19H,9-13H2,(H,24,25)/t19-,22-/m0/s1. The smallest absolute Gasteiger partial charge is 0.409 e. The zero-order valence-electron chi connectivity index (χ0n) is 15.3. The van der Waals surface area contributed by atoms with Crippen molar-refractivity contribution in [3.8, 4) is 11.1 Å². The first-order valence-electron chi connectivity index (χ1n) is 9.55. The summed E-state index contributed by atoms with van der Waals surface area (Å²) in [7, 11) is 0. The first-order chi connectivity index (χ1) is 13.6. The van der Waals surface area contributed by atoms with Gasteiger partial charge in [0, 0.05) is 19.1 Å². The first-order valence-corrected chi connectivity index (χ1v) is 9.55. The Kier molecular flexibility index (Phi) is 3.91. The number of nitrogens with zero attached hydrogens (tertiary/aromatic N) is 1. The van der Waals surface area contributed by atoms with E-state index >= 15 is 0 Å². The number of carbonyl (C=O) groups excluding carboxylic acids is 1. The van der Waals surface area contributed by atoms with Crippen LogP contribution >= 0.6 is 0 Å². The highest BCUT2D eigenvalue weighted by atomic mass is 16.6. The second kappa shape index (κ2) is 6.34. The zero-order chi connectivity index (χ0) is 19.3. The van der Waals surface area contributed by atoms with Crippen LogP contribution in [0.1, 0.15) is 23.5 Å². The van der Waals surface area contributed by atoms with Crippen LogP contribution in [0.3, 0.4) is 0 Å². The van der Waals surface area contributed by atoms with E-state index in [-0.39, 0.29) is 25.6 Å². The van der Waals surface area contributed by atoms with Gasteiger partial charge in [-0.15, -0.1) is 0 Å². The predicted molar refractivity (Wildman–Crippen MR) is 101 cm³/mol. The van der Waals surface area contributed by atoms with Gasteiger partial charge in [-0.25, -0.2) is 4.79 Å². The van der Waals surface area contributed by atoms with Gasteiger partial charge in [0.15, 0.2) is 0 Å². The van der Waals surface area contributed by atoms with E-state index in [4.69, 9.17) is 9.47 Å². The molecule has 3 aliphatic rings. The molecule has 144 valence electrons. The van der Waals surface area contributed by atoms with Gasteiger partial charge in [0.1, 0.15) is 12.0 Å². The van der Waals surface area contributed by atoms with E-state index in [0.29, 0.717) is 13.0 Å². The van der Waals surface area contributed by atoms with Crippen LogP contribution in [0.5, 0.6) is 0 Å². The van der Waals surface area contributed by atoms with Crippen molar-refractivity contribution in [1.29, 1.82) is 0 Å². The topological polar surface area (TPSA) is 76.1 Å². The number of amides is 1. The predicted octanol–water partition coefficient (Wildman–Crippen LogP) is 3.11. The van der Waals surface area contributed by atoms with E-state index in [1.165, 1.54) is 16.0 Å². The summed E-state index contributed by atoms with van der Waals surface area (Å²) in [6.45, 7) is 1.07. The molecule has 2 aromatic rings. The molecule has 0 bridgehead atoms. The highest BCUT2D eigenvalue weighted by Gasteiger charge is 2.57. The van der Waals surface area contributed by atoms with E-state index in [0.717, 1.165) is 11.1 Å². The van der Waals surface area contributed by atoms with Crippen LogP contribution in [-0.4, -0.2) is 54.5 Å². The average molecular weight is 379 g/mol. The fourth-order valence-corrected chi connectivity index (χ4v) is 4.85. The van der Waals surface area contributed by atoms with Crippen LogP contribution in [0, 0.1) is 5.41 Å². The minimum Gasteiger partial charge on any atom is -0.481 e. The van der Waals surface area contributed by atoms with Crippen molar-refractivity contribution >= 4 is 12.1 Å². The maximum Gasteiger partial charge on any atom is 0.409 e. The normalized spacial score (nSPS) is 25.3. The molecule has 0 spiro atoms. The van der Waals surface area contributed by atoms with Gasteiger partial charge >= 0.3 is 12.1 Å². The van der Waals surface area contributed by atoms with Gasteiger partial charge in [0.25, 0.3) is 0 Å². The Morgan fingerprint density at radius 2 is 1.75 bits per heavy atom. The molecule has 5 rings (SSSR count). The van der Waals surface area contributed by atoms with Crippen molar-refractivity contribution in [3.05, 3.63) is 59.7 Å². The van der Waals surface area contributed by atoms with Crippen LogP contribution in [0.25, 0.3) is 11.1 Å². The third-order valence-corrected chi connectivity index (χ3v) is 6.36. The van der Waals surface area contributed by atoms with E-state index < -0.39 is 23.6 Å². The van der Waals surface area contributed by atoms with Crippen LogP contribution in [0.4, 0.5) is 4.79 Å². The second-order valence-corrected chi connectivity index (χ2v) is 7.76. The van der Waals surface area contributed by atoms with Gasteiger partial charge in [-0.3, -0.25) is 4.79 Å². The number of likely N-dealkylation sites (tertiary alicyclic amines) is 1. The molecule has 1 amide bonds. The molecular formula is C22H21NO5. The van der Waals surface area contributed by atoms with E-state index in [2.05, 4.69) is 24.3 Å². The fourth-order valence-electron chi connectivity index (χ4n) is 4.85. The van der Waals surface area contributed by atoms with Crippen molar-refractivity contribution in [2.45, 2.75) is 18.4 Å². The number of aliphatic carboxylic acids is 1. The molecule has 2 saturated heterocycles. The summed E-state index contributed by atoms with van der Waals surface area (Å²) in [5.41, 5.74) is 3.66. The molecule has 2 heterocycles. The molecule has 2 atom stereocenters. The van der Waals surface area contributed by atoms with E-state index in [1.807, 2.05) is 24.3 Å². The first kappa shape index (κ1) is 17.3. The number of carboxylic acid groups (broad SMARTS) is 1. The van der Waals surface area contributed by atoms with Crippen LogP contribution in [-0.2, 0) is 14.3 Å². The summed E-state index contributed by atoms with van der Waals surface area (Å²) < 4.78 is 11.2. The van der Waals surface area contributed by atoms with Crippen LogP contribution in [0.2, 0.25) is 0 Å². The minimum atomic E-state index is -0.994. The van der Waals surface area contributed by atoms with E-state index in [9.17, 15) is 14.7 Å². The molecular weight excluding hydrogens is 358 g/mol. The molecule has 6 nitrogen and oxygen atoms in total. The lowest BCUT2D eigenvalue weighted by atomic mass is 9.84. The van der Waals surface area contributed by atoms with Gasteiger partial charge < -0.3 is 19.5 Å². The number of hydrogen-bond acceptors (Lipinski definition) is 4. The molecule has 2 aromatic carbocycles. The lowest BCUT2D eigenvalue weighted by Gasteiger charge is -2.22. The van der Waals surface area contributed by atoms with Crippen molar-refractivity contribution in [1.82, 2.24) is 4.90 Å². The Labute approximate surface area is 162 Å². The number of rotatable bonds is 3. The maximum atomic E-state index is 12.7. The van der Waals surface area contributed by atoms with Gasteiger partial charge in [0.05, 0.1) is 12.6 Å². The van der Waals surface area contributed by atoms with Crippen LogP contribution < -0.4 is 0 Å². The maximum absolute atomic E-state index is 12.7. The Balaban J connectivity index is 1.32. The number of hydrogen-bond donors (Lipinski definition) is 1. The molecule has 6 heteroatoms. The monoisotopic (exact) mass is 379 g/mol. The summed E-state index contributed by atoms with van der Waals surface area (Å²) >= 11 is 0. The average Bonchev–Trinajstić information content (AvgIpc) is 3.36. The van der Waals surface area contributed by atoms with Crippen molar-refractivity contribution in [3.63, 3.8) is 0 Å². The number of carbonyl (C=O) groups is 2. The molecule has 0 aromatic heterocycles. The molecule has 1 aliphatic carbocycles. The SMILES string of the molecule is O=C(OCC1c2ccccc2-c2ccccc21)N1C[C@@H]2OCC[C@]2(C(=O)O)C1. The number of carboxylic acids is 1. The quantitative estimate of drug-likeness (QED) is 0.887. The fraction of sp³-hybridized carbons (Fsp3) is 0.364. The number of fused-ring (bicyclic) bond motifs is 4. The van der Waals surface area contributed by atoms with Crippen molar-refractivity contribution < 1.29 is 24.2 Å². The Morgan fingerprint density at radius 3 is 2.36 bits per heavy atom. The highest BCUT2D eigenvalue weighted by molar-refractivity contribution is 5.80. The number of benzene rings is 2. The molecule has 0 unspecified atom stereocenters. The molecule has 0 radical (unpaired) electrons. The summed E-state index contributed by atoms with van der Waals surface area (Å²) in [5, 5.41) is 9.64. The largest absolute Gasteiger partial charge is 0.481 e. The lowest BCUT2D eigenvalue weighted by molar-refractivity contribution is -0.149. The summed E-state index contributed by atoms with van der Waals surface area (Å²) in [4.78, 5) is 25.9. The third-order valence-electron chi connectivity index (χ3n) is 6.36. The summed E-state index contributed by atoms with van der Waals surface area (Å²) in [5.74, 6) is -0.910. The van der Waals surface area contributed by atoms with Gasteiger partial charge in [-0.1, -0.05) is 48.5 Å².